The Bertz CT molecular complexity index is 1950. The SMILES string of the molecule is CCOCC1CCN(Cc2cc(OC)c(-c3cccc4c(C[C@H](NC(=O)c5c(C)cc(N[C@H](CC)C(F)(F)CC)cc5F)C(=O)O)cccc34)c(OC)c2)CC1. The fourth-order valence-corrected chi connectivity index (χ4v) is 7.67. The summed E-state index contributed by atoms with van der Waals surface area (Å²) in [6.07, 6.45) is 1.79. The van der Waals surface area contributed by atoms with Crippen molar-refractivity contribution in [2.75, 3.05) is 45.8 Å². The lowest BCUT2D eigenvalue weighted by Crippen LogP contribution is -2.43. The number of fused-ring (bicyclic) bond motifs is 1. The highest BCUT2D eigenvalue weighted by Gasteiger charge is 2.36. The highest BCUT2D eigenvalue weighted by atomic mass is 19.3. The predicted molar refractivity (Wildman–Crippen MR) is 214 cm³/mol. The van der Waals surface area contributed by atoms with Gasteiger partial charge in [0.2, 0.25) is 0 Å². The number of methoxy groups -OCH3 is 2. The molecule has 56 heavy (non-hydrogen) atoms. The van der Waals surface area contributed by atoms with E-state index >= 15 is 4.39 Å². The minimum Gasteiger partial charge on any atom is -0.496 e. The second kappa shape index (κ2) is 18.9. The van der Waals surface area contributed by atoms with Gasteiger partial charge in [0.05, 0.1) is 31.4 Å². The van der Waals surface area contributed by atoms with Crippen LogP contribution in [0.2, 0.25) is 0 Å². The number of nitrogens with zero attached hydrogens (tertiary/aromatic N) is 1. The average molecular weight is 778 g/mol. The van der Waals surface area contributed by atoms with Crippen molar-refractivity contribution in [3.05, 3.63) is 88.7 Å². The van der Waals surface area contributed by atoms with Crippen molar-refractivity contribution in [2.24, 2.45) is 5.92 Å². The third-order valence-corrected chi connectivity index (χ3v) is 10.8. The van der Waals surface area contributed by atoms with E-state index < -0.39 is 35.7 Å². The summed E-state index contributed by atoms with van der Waals surface area (Å²) in [5.41, 5.74) is 3.22. The van der Waals surface area contributed by atoms with Gasteiger partial charge in [-0.25, -0.2) is 18.0 Å². The largest absolute Gasteiger partial charge is 0.496 e. The first-order valence-corrected chi connectivity index (χ1v) is 19.4. The predicted octanol–water partition coefficient (Wildman–Crippen LogP) is 8.88. The Balaban J connectivity index is 1.39. The molecule has 0 saturated carbocycles. The summed E-state index contributed by atoms with van der Waals surface area (Å²) in [7, 11) is 3.25. The molecular weight excluding hydrogens is 723 g/mol. The van der Waals surface area contributed by atoms with Crippen LogP contribution in [0.15, 0.2) is 60.7 Å². The molecule has 0 aliphatic carbocycles. The lowest BCUT2D eigenvalue weighted by Gasteiger charge is -2.32. The molecule has 302 valence electrons. The topological polar surface area (TPSA) is 109 Å². The molecule has 0 unspecified atom stereocenters. The number of halogens is 3. The van der Waals surface area contributed by atoms with E-state index in [0.717, 1.165) is 79.2 Å². The van der Waals surface area contributed by atoms with Gasteiger partial charge in [0, 0.05) is 38.3 Å². The van der Waals surface area contributed by atoms with Crippen molar-refractivity contribution >= 4 is 28.3 Å². The second-order valence-electron chi connectivity index (χ2n) is 14.5. The van der Waals surface area contributed by atoms with Crippen LogP contribution in [-0.4, -0.2) is 80.4 Å². The number of aryl methyl sites for hydroxylation is 1. The van der Waals surface area contributed by atoms with Crippen LogP contribution < -0.4 is 20.1 Å². The van der Waals surface area contributed by atoms with E-state index in [2.05, 4.69) is 15.5 Å². The number of carbonyl (C=O) groups is 2. The molecule has 1 heterocycles. The molecule has 0 bridgehead atoms. The minimum absolute atomic E-state index is 0.0963. The summed E-state index contributed by atoms with van der Waals surface area (Å²) in [6, 6.07) is 15.1. The zero-order valence-corrected chi connectivity index (χ0v) is 33.1. The maximum absolute atomic E-state index is 15.4. The Kier molecular flexibility index (Phi) is 14.3. The van der Waals surface area contributed by atoms with Gasteiger partial charge in [0.1, 0.15) is 23.4 Å². The summed E-state index contributed by atoms with van der Waals surface area (Å²) in [5.74, 6) is -4.33. The maximum atomic E-state index is 15.4. The summed E-state index contributed by atoms with van der Waals surface area (Å²) in [6.45, 7) is 10.7. The number of carboxylic acid groups (broad SMARTS) is 1. The van der Waals surface area contributed by atoms with E-state index in [0.29, 0.717) is 23.0 Å². The van der Waals surface area contributed by atoms with Gasteiger partial charge in [-0.1, -0.05) is 50.2 Å². The lowest BCUT2D eigenvalue weighted by molar-refractivity contribution is -0.139. The first-order chi connectivity index (χ1) is 26.8. The molecule has 1 aliphatic rings. The number of ether oxygens (including phenoxy) is 3. The molecule has 2 atom stereocenters. The average Bonchev–Trinajstić information content (AvgIpc) is 3.18. The molecule has 1 fully saturated rings. The molecule has 4 aromatic carbocycles. The first kappa shape index (κ1) is 42.3. The summed E-state index contributed by atoms with van der Waals surface area (Å²) >= 11 is 0. The highest BCUT2D eigenvalue weighted by Crippen LogP contribution is 2.43. The van der Waals surface area contributed by atoms with Crippen LogP contribution >= 0.6 is 0 Å². The van der Waals surface area contributed by atoms with Crippen molar-refractivity contribution in [2.45, 2.75) is 84.4 Å². The first-order valence-electron chi connectivity index (χ1n) is 19.4. The lowest BCUT2D eigenvalue weighted by atomic mass is 9.91. The van der Waals surface area contributed by atoms with Gasteiger partial charge >= 0.3 is 5.97 Å². The number of benzene rings is 4. The molecule has 12 heteroatoms. The number of likely N-dealkylation sites (tertiary alicyclic amines) is 1. The maximum Gasteiger partial charge on any atom is 0.326 e. The zero-order chi connectivity index (χ0) is 40.6. The molecule has 0 spiro atoms. The quantitative estimate of drug-likeness (QED) is 0.0920. The number of carbonyl (C=O) groups excluding carboxylic acids is 1. The molecular formula is C44H54F3N3O6. The smallest absolute Gasteiger partial charge is 0.326 e. The minimum atomic E-state index is -3.02. The number of amides is 1. The molecule has 1 saturated heterocycles. The van der Waals surface area contributed by atoms with Gasteiger partial charge in [-0.05, 0) is 109 Å². The number of rotatable bonds is 18. The van der Waals surface area contributed by atoms with Gasteiger partial charge < -0.3 is 30.0 Å². The van der Waals surface area contributed by atoms with E-state index in [-0.39, 0.29) is 36.1 Å². The summed E-state index contributed by atoms with van der Waals surface area (Å²) in [4.78, 5) is 28.4. The number of alkyl halides is 2. The van der Waals surface area contributed by atoms with Crippen molar-refractivity contribution in [3.8, 4) is 22.6 Å². The van der Waals surface area contributed by atoms with E-state index in [1.54, 1.807) is 27.2 Å². The van der Waals surface area contributed by atoms with Crippen LogP contribution in [0.3, 0.4) is 0 Å². The molecule has 0 radical (unpaired) electrons. The molecule has 1 aliphatic heterocycles. The highest BCUT2D eigenvalue weighted by molar-refractivity contribution is 6.02. The fraction of sp³-hybridized carbons (Fsp3) is 0.455. The summed E-state index contributed by atoms with van der Waals surface area (Å²) < 4.78 is 61.8. The number of anilines is 1. The molecule has 4 aromatic rings. The Morgan fingerprint density at radius 3 is 2.21 bits per heavy atom. The number of nitrogens with one attached hydrogen (secondary N) is 2. The second-order valence-corrected chi connectivity index (χ2v) is 14.5. The van der Waals surface area contributed by atoms with Crippen LogP contribution in [0, 0.1) is 18.7 Å². The third kappa shape index (κ3) is 9.76. The Morgan fingerprint density at radius 2 is 1.62 bits per heavy atom. The van der Waals surface area contributed by atoms with E-state index in [9.17, 15) is 23.5 Å². The molecule has 0 aromatic heterocycles. The van der Waals surface area contributed by atoms with Crippen molar-refractivity contribution in [1.29, 1.82) is 0 Å². The van der Waals surface area contributed by atoms with Crippen LogP contribution in [-0.2, 0) is 22.5 Å². The Hall–Kier alpha value is -4.81. The normalized spacial score (nSPS) is 15.0. The van der Waals surface area contributed by atoms with Gasteiger partial charge in [-0.3, -0.25) is 9.69 Å². The standard InChI is InChI=1S/C44H54F3N3O6/c1-7-39(44(46,47)8-2)48-31-20-27(4)40(35(45)24-31)42(51)49-36(43(52)53)23-30-12-10-14-33-32(30)13-11-15-34(33)41-37(54-5)21-29(22-38(41)55-6)25-50-18-16-28(17-19-50)26-56-9-3/h10-15,20-22,24,28,36,39,48H,7-9,16-19,23,25-26H2,1-6H3,(H,49,51)(H,52,53)/t36-,39+/m0/s1. The van der Waals surface area contributed by atoms with Gasteiger partial charge in [0.15, 0.2) is 0 Å². The van der Waals surface area contributed by atoms with Crippen molar-refractivity contribution < 1.29 is 42.1 Å². The third-order valence-electron chi connectivity index (χ3n) is 10.8. The molecule has 5 rings (SSSR count). The van der Waals surface area contributed by atoms with Gasteiger partial charge in [-0.2, -0.15) is 0 Å². The van der Waals surface area contributed by atoms with E-state index in [1.165, 1.54) is 19.9 Å². The number of hydrogen-bond donors (Lipinski definition) is 3. The number of piperidine rings is 1. The van der Waals surface area contributed by atoms with Crippen LogP contribution in [0.1, 0.15) is 73.5 Å². The van der Waals surface area contributed by atoms with Crippen LogP contribution in [0.5, 0.6) is 11.5 Å². The Labute approximate surface area is 327 Å². The fourth-order valence-electron chi connectivity index (χ4n) is 7.67. The zero-order valence-electron chi connectivity index (χ0n) is 33.1. The van der Waals surface area contributed by atoms with Gasteiger partial charge in [0.25, 0.3) is 11.8 Å². The molecule has 1 amide bonds. The summed E-state index contributed by atoms with van der Waals surface area (Å²) in [5, 5.41) is 17.0. The number of carboxylic acids is 1. The van der Waals surface area contributed by atoms with Crippen LogP contribution in [0.25, 0.3) is 21.9 Å². The molecule has 9 nitrogen and oxygen atoms in total. The van der Waals surface area contributed by atoms with Crippen molar-refractivity contribution in [3.63, 3.8) is 0 Å². The van der Waals surface area contributed by atoms with E-state index in [4.69, 9.17) is 14.2 Å². The van der Waals surface area contributed by atoms with E-state index in [1.807, 2.05) is 49.4 Å². The van der Waals surface area contributed by atoms with Crippen molar-refractivity contribution in [1.82, 2.24) is 10.2 Å². The Morgan fingerprint density at radius 1 is 0.964 bits per heavy atom. The monoisotopic (exact) mass is 777 g/mol. The number of aliphatic carboxylic acids is 1. The van der Waals surface area contributed by atoms with Crippen LogP contribution in [0.4, 0.5) is 18.9 Å². The van der Waals surface area contributed by atoms with Gasteiger partial charge in [-0.15, -0.1) is 0 Å². The molecule has 3 N–H and O–H groups in total. The number of hydrogen-bond acceptors (Lipinski definition) is 7.